The van der Waals surface area contributed by atoms with Gasteiger partial charge in [-0.1, -0.05) is 26.7 Å². The number of carbonyl (C=O) groups is 2. The van der Waals surface area contributed by atoms with Gasteiger partial charge in [-0.25, -0.2) is 0 Å². The number of nitrogens with one attached hydrogen (secondary N) is 1. The molecule has 1 amide bonds. The minimum Gasteiger partial charge on any atom is -0.494 e. The molecule has 152 valence electrons. The molecule has 0 fully saturated rings. The molecule has 2 aromatic rings. The van der Waals surface area contributed by atoms with Gasteiger partial charge >= 0.3 is 0 Å². The van der Waals surface area contributed by atoms with E-state index in [-0.39, 0.29) is 30.4 Å². The molecule has 0 aliphatic rings. The average molecular weight is 386 g/mol. The zero-order valence-electron chi connectivity index (χ0n) is 16.9. The fraction of sp³-hybridized carbons (Fsp3) is 0.500. The molecule has 0 radical (unpaired) electrons. The van der Waals surface area contributed by atoms with E-state index in [0.29, 0.717) is 18.7 Å². The summed E-state index contributed by atoms with van der Waals surface area (Å²) in [4.78, 5) is 24.3. The van der Waals surface area contributed by atoms with E-state index >= 15 is 0 Å². The summed E-state index contributed by atoms with van der Waals surface area (Å²) in [5.74, 6) is 0.912. The molecule has 0 saturated carbocycles. The number of amides is 1. The van der Waals surface area contributed by atoms with E-state index in [4.69, 9.17) is 4.74 Å². The Morgan fingerprint density at radius 2 is 1.96 bits per heavy atom. The van der Waals surface area contributed by atoms with Crippen LogP contribution in [-0.4, -0.2) is 34.6 Å². The Labute approximate surface area is 167 Å². The van der Waals surface area contributed by atoms with E-state index in [0.717, 1.165) is 31.6 Å². The number of ether oxygens (including phenoxy) is 1. The first-order valence-electron chi connectivity index (χ1n) is 10.1. The molecule has 1 atom stereocenters. The van der Waals surface area contributed by atoms with Crippen LogP contribution in [-0.2, 0) is 11.3 Å². The first-order chi connectivity index (χ1) is 13.6. The molecule has 28 heavy (non-hydrogen) atoms. The van der Waals surface area contributed by atoms with Gasteiger partial charge in [0.1, 0.15) is 5.75 Å². The molecule has 0 bridgehead atoms. The summed E-state index contributed by atoms with van der Waals surface area (Å²) in [6, 6.07) is 9.04. The summed E-state index contributed by atoms with van der Waals surface area (Å²) >= 11 is 0. The maximum Gasteiger partial charge on any atom is 0.220 e. The standard InChI is InChI=1S/C22H31N3O3/c1-3-4-5-15-28-20-9-7-19(8-10-20)21(26)11-12-22(27)23-16-18(2)17-25-14-6-13-24-25/h6-10,13-14,18H,3-5,11-12,15-17H2,1-2H3,(H,23,27). The van der Waals surface area contributed by atoms with Crippen LogP contribution >= 0.6 is 0 Å². The van der Waals surface area contributed by atoms with Gasteiger partial charge in [-0.3, -0.25) is 14.3 Å². The van der Waals surface area contributed by atoms with Crippen molar-refractivity contribution in [3.05, 3.63) is 48.3 Å². The second kappa shape index (κ2) is 12.0. The van der Waals surface area contributed by atoms with E-state index in [1.165, 1.54) is 0 Å². The minimum atomic E-state index is -0.100. The molecule has 1 N–H and O–H groups in total. The predicted molar refractivity (Wildman–Crippen MR) is 109 cm³/mol. The molecule has 0 aliphatic carbocycles. The number of rotatable bonds is 13. The van der Waals surface area contributed by atoms with E-state index in [2.05, 4.69) is 24.3 Å². The lowest BCUT2D eigenvalue weighted by molar-refractivity contribution is -0.121. The Hall–Kier alpha value is -2.63. The summed E-state index contributed by atoms with van der Waals surface area (Å²) in [7, 11) is 0. The largest absolute Gasteiger partial charge is 0.494 e. The Bertz CT molecular complexity index is 711. The van der Waals surface area contributed by atoms with Crippen LogP contribution in [0.3, 0.4) is 0 Å². The van der Waals surface area contributed by atoms with Crippen LogP contribution in [0.4, 0.5) is 0 Å². The maximum atomic E-state index is 12.3. The Balaban J connectivity index is 1.65. The van der Waals surface area contributed by atoms with Gasteiger partial charge in [0.05, 0.1) is 6.61 Å². The Morgan fingerprint density at radius 1 is 1.18 bits per heavy atom. The van der Waals surface area contributed by atoms with Gasteiger partial charge in [-0.05, 0) is 42.7 Å². The van der Waals surface area contributed by atoms with Crippen LogP contribution < -0.4 is 10.1 Å². The van der Waals surface area contributed by atoms with Crippen LogP contribution in [0.25, 0.3) is 0 Å². The molecule has 1 aromatic heterocycles. The molecule has 0 spiro atoms. The quantitative estimate of drug-likeness (QED) is 0.420. The van der Waals surface area contributed by atoms with E-state index in [9.17, 15) is 9.59 Å². The Morgan fingerprint density at radius 3 is 2.64 bits per heavy atom. The van der Waals surface area contributed by atoms with Crippen molar-refractivity contribution in [2.45, 2.75) is 52.5 Å². The fourth-order valence-electron chi connectivity index (χ4n) is 2.82. The molecular formula is C22H31N3O3. The van der Waals surface area contributed by atoms with Crippen LogP contribution in [0, 0.1) is 5.92 Å². The lowest BCUT2D eigenvalue weighted by Gasteiger charge is -2.12. The highest BCUT2D eigenvalue weighted by Crippen LogP contribution is 2.14. The summed E-state index contributed by atoms with van der Waals surface area (Å²) in [5.41, 5.74) is 0.612. The molecule has 0 saturated heterocycles. The van der Waals surface area contributed by atoms with E-state index in [1.807, 2.05) is 29.1 Å². The summed E-state index contributed by atoms with van der Waals surface area (Å²) in [5, 5.41) is 7.05. The summed E-state index contributed by atoms with van der Waals surface area (Å²) < 4.78 is 7.50. The van der Waals surface area contributed by atoms with Crippen molar-refractivity contribution in [1.29, 1.82) is 0 Å². The monoisotopic (exact) mass is 385 g/mol. The smallest absolute Gasteiger partial charge is 0.220 e. The molecule has 1 heterocycles. The van der Waals surface area contributed by atoms with Crippen molar-refractivity contribution in [1.82, 2.24) is 15.1 Å². The Kier molecular flexibility index (Phi) is 9.25. The maximum absolute atomic E-state index is 12.3. The fourth-order valence-corrected chi connectivity index (χ4v) is 2.82. The lowest BCUT2D eigenvalue weighted by Crippen LogP contribution is -2.30. The molecule has 6 heteroatoms. The lowest BCUT2D eigenvalue weighted by atomic mass is 10.1. The van der Waals surface area contributed by atoms with Gasteiger partial charge < -0.3 is 10.1 Å². The molecular weight excluding hydrogens is 354 g/mol. The zero-order valence-corrected chi connectivity index (χ0v) is 16.9. The van der Waals surface area contributed by atoms with Crippen molar-refractivity contribution in [2.24, 2.45) is 5.92 Å². The average Bonchev–Trinajstić information content (AvgIpc) is 3.21. The highest BCUT2D eigenvalue weighted by molar-refractivity contribution is 5.98. The van der Waals surface area contributed by atoms with E-state index < -0.39 is 0 Å². The number of unbranched alkanes of at least 4 members (excludes halogenated alkanes) is 2. The van der Waals surface area contributed by atoms with Crippen molar-refractivity contribution >= 4 is 11.7 Å². The van der Waals surface area contributed by atoms with Gasteiger partial charge in [0.15, 0.2) is 5.78 Å². The third kappa shape index (κ3) is 7.94. The van der Waals surface area contributed by atoms with Crippen LogP contribution in [0.15, 0.2) is 42.7 Å². The molecule has 2 rings (SSSR count). The molecule has 1 unspecified atom stereocenters. The zero-order chi connectivity index (χ0) is 20.2. The number of hydrogen-bond acceptors (Lipinski definition) is 4. The second-order valence-corrected chi connectivity index (χ2v) is 7.14. The van der Waals surface area contributed by atoms with Crippen molar-refractivity contribution in [2.75, 3.05) is 13.2 Å². The number of Topliss-reactive ketones (excluding diaryl/α,β-unsaturated/α-hetero) is 1. The van der Waals surface area contributed by atoms with Crippen molar-refractivity contribution in [3.63, 3.8) is 0 Å². The summed E-state index contributed by atoms with van der Waals surface area (Å²) in [6.45, 7) is 6.22. The first kappa shape index (κ1) is 21.7. The van der Waals surface area contributed by atoms with Gasteiger partial charge in [-0.15, -0.1) is 0 Å². The molecule has 6 nitrogen and oxygen atoms in total. The molecule has 1 aromatic carbocycles. The third-order valence-electron chi connectivity index (χ3n) is 4.48. The van der Waals surface area contributed by atoms with Crippen LogP contribution in [0.5, 0.6) is 5.75 Å². The van der Waals surface area contributed by atoms with E-state index in [1.54, 1.807) is 18.3 Å². The number of benzene rings is 1. The SMILES string of the molecule is CCCCCOc1ccc(C(=O)CCC(=O)NCC(C)Cn2cccn2)cc1. The van der Waals surface area contributed by atoms with Crippen LogP contribution in [0.2, 0.25) is 0 Å². The first-order valence-corrected chi connectivity index (χ1v) is 10.1. The molecule has 0 aliphatic heterocycles. The van der Waals surface area contributed by atoms with Gasteiger partial charge in [0, 0.05) is 43.9 Å². The van der Waals surface area contributed by atoms with Gasteiger partial charge in [-0.2, -0.15) is 5.10 Å². The second-order valence-electron chi connectivity index (χ2n) is 7.14. The topological polar surface area (TPSA) is 73.2 Å². The normalized spacial score (nSPS) is 11.8. The van der Waals surface area contributed by atoms with Gasteiger partial charge in [0.25, 0.3) is 0 Å². The number of carbonyl (C=O) groups excluding carboxylic acids is 2. The minimum absolute atomic E-state index is 0.0303. The number of ketones is 1. The number of hydrogen-bond donors (Lipinski definition) is 1. The van der Waals surface area contributed by atoms with Crippen LogP contribution in [0.1, 0.15) is 56.3 Å². The highest BCUT2D eigenvalue weighted by atomic mass is 16.5. The summed E-state index contributed by atoms with van der Waals surface area (Å²) in [6.07, 6.45) is 7.39. The van der Waals surface area contributed by atoms with Gasteiger partial charge in [0.2, 0.25) is 5.91 Å². The van der Waals surface area contributed by atoms with Crippen molar-refractivity contribution in [3.8, 4) is 5.75 Å². The number of nitrogens with zero attached hydrogens (tertiary/aromatic N) is 2. The van der Waals surface area contributed by atoms with Crippen molar-refractivity contribution < 1.29 is 14.3 Å². The highest BCUT2D eigenvalue weighted by Gasteiger charge is 2.11. The third-order valence-corrected chi connectivity index (χ3v) is 4.48. The predicted octanol–water partition coefficient (Wildman–Crippen LogP) is 3.87. The number of aromatic nitrogens is 2.